The predicted octanol–water partition coefficient (Wildman–Crippen LogP) is 4.59. The molecular formula is C13H18BrClO. The first-order valence-corrected chi connectivity index (χ1v) is 6.91. The van der Waals surface area contributed by atoms with E-state index in [0.717, 1.165) is 30.3 Å². The summed E-state index contributed by atoms with van der Waals surface area (Å²) in [4.78, 5) is 0. The SMILES string of the molecule is COCCCCC(CCl)c1cccc(Br)c1. The molecule has 0 fully saturated rings. The molecule has 0 N–H and O–H groups in total. The number of alkyl halides is 1. The van der Waals surface area contributed by atoms with E-state index in [4.69, 9.17) is 16.3 Å². The molecule has 0 radical (unpaired) electrons. The smallest absolute Gasteiger partial charge is 0.0462 e. The largest absolute Gasteiger partial charge is 0.385 e. The Labute approximate surface area is 111 Å². The van der Waals surface area contributed by atoms with Crippen LogP contribution in [0.5, 0.6) is 0 Å². The van der Waals surface area contributed by atoms with Crippen LogP contribution in [-0.2, 0) is 4.74 Å². The summed E-state index contributed by atoms with van der Waals surface area (Å²) in [5, 5.41) is 0. The Morgan fingerprint density at radius 3 is 2.81 bits per heavy atom. The molecule has 3 heteroatoms. The van der Waals surface area contributed by atoms with Gasteiger partial charge in [0.2, 0.25) is 0 Å². The van der Waals surface area contributed by atoms with E-state index in [9.17, 15) is 0 Å². The average Bonchev–Trinajstić information content (AvgIpc) is 2.29. The average molecular weight is 306 g/mol. The molecule has 0 bridgehead atoms. The predicted molar refractivity (Wildman–Crippen MR) is 73.3 cm³/mol. The number of hydrogen-bond donors (Lipinski definition) is 0. The number of unbranched alkanes of at least 4 members (excludes halogenated alkanes) is 1. The molecule has 1 unspecified atom stereocenters. The van der Waals surface area contributed by atoms with Crippen LogP contribution in [0.2, 0.25) is 0 Å². The van der Waals surface area contributed by atoms with Crippen LogP contribution in [0.15, 0.2) is 28.7 Å². The molecule has 1 rings (SSSR count). The number of halogens is 2. The lowest BCUT2D eigenvalue weighted by molar-refractivity contribution is 0.191. The summed E-state index contributed by atoms with van der Waals surface area (Å²) in [6, 6.07) is 8.41. The summed E-state index contributed by atoms with van der Waals surface area (Å²) in [5.74, 6) is 1.14. The third kappa shape index (κ3) is 4.86. The normalized spacial score (nSPS) is 12.7. The Balaban J connectivity index is 2.47. The maximum atomic E-state index is 6.02. The minimum Gasteiger partial charge on any atom is -0.385 e. The van der Waals surface area contributed by atoms with Gasteiger partial charge in [0.05, 0.1) is 0 Å². The second kappa shape index (κ2) is 8.10. The van der Waals surface area contributed by atoms with Gasteiger partial charge >= 0.3 is 0 Å². The van der Waals surface area contributed by atoms with E-state index >= 15 is 0 Å². The highest BCUT2D eigenvalue weighted by molar-refractivity contribution is 9.10. The summed E-state index contributed by atoms with van der Waals surface area (Å²) in [5.41, 5.74) is 1.32. The maximum Gasteiger partial charge on any atom is 0.0462 e. The second-order valence-corrected chi connectivity index (χ2v) is 5.12. The molecule has 0 amide bonds. The monoisotopic (exact) mass is 304 g/mol. The van der Waals surface area contributed by atoms with E-state index in [1.54, 1.807) is 7.11 Å². The van der Waals surface area contributed by atoms with Crippen LogP contribution in [0, 0.1) is 0 Å². The first-order chi connectivity index (χ1) is 7.77. The Hall–Kier alpha value is -0.0500. The third-order valence-electron chi connectivity index (χ3n) is 2.66. The highest BCUT2D eigenvalue weighted by Crippen LogP contribution is 2.25. The van der Waals surface area contributed by atoms with Crippen molar-refractivity contribution >= 4 is 27.5 Å². The van der Waals surface area contributed by atoms with Crippen LogP contribution in [0.1, 0.15) is 30.7 Å². The molecule has 0 saturated carbocycles. The highest BCUT2D eigenvalue weighted by Gasteiger charge is 2.10. The van der Waals surface area contributed by atoms with E-state index in [2.05, 4.69) is 34.1 Å². The number of hydrogen-bond acceptors (Lipinski definition) is 1. The molecular weight excluding hydrogens is 287 g/mol. The lowest BCUT2D eigenvalue weighted by Gasteiger charge is -2.14. The van der Waals surface area contributed by atoms with Crippen LogP contribution in [0.4, 0.5) is 0 Å². The van der Waals surface area contributed by atoms with Crippen molar-refractivity contribution in [2.45, 2.75) is 25.2 Å². The van der Waals surface area contributed by atoms with Crippen LogP contribution < -0.4 is 0 Å². The van der Waals surface area contributed by atoms with Crippen molar-refractivity contribution in [2.24, 2.45) is 0 Å². The maximum absolute atomic E-state index is 6.02. The van der Waals surface area contributed by atoms with E-state index in [-0.39, 0.29) is 0 Å². The van der Waals surface area contributed by atoms with Gasteiger partial charge in [-0.1, -0.05) is 34.5 Å². The zero-order chi connectivity index (χ0) is 11.8. The molecule has 0 heterocycles. The van der Waals surface area contributed by atoms with Crippen LogP contribution in [0.3, 0.4) is 0 Å². The number of rotatable bonds is 7. The molecule has 1 nitrogen and oxygen atoms in total. The summed E-state index contributed by atoms with van der Waals surface area (Å²) >= 11 is 9.51. The van der Waals surface area contributed by atoms with Crippen molar-refractivity contribution in [1.29, 1.82) is 0 Å². The number of ether oxygens (including phenoxy) is 1. The van der Waals surface area contributed by atoms with Crippen LogP contribution >= 0.6 is 27.5 Å². The fraction of sp³-hybridized carbons (Fsp3) is 0.538. The molecule has 0 spiro atoms. The quantitative estimate of drug-likeness (QED) is 0.529. The van der Waals surface area contributed by atoms with E-state index in [0.29, 0.717) is 11.8 Å². The van der Waals surface area contributed by atoms with Crippen molar-refractivity contribution in [2.75, 3.05) is 19.6 Å². The highest BCUT2D eigenvalue weighted by atomic mass is 79.9. The molecule has 0 aliphatic carbocycles. The van der Waals surface area contributed by atoms with Gasteiger partial charge in [0, 0.05) is 24.1 Å². The van der Waals surface area contributed by atoms with E-state index in [1.807, 2.05) is 6.07 Å². The van der Waals surface area contributed by atoms with Crippen molar-refractivity contribution in [3.05, 3.63) is 34.3 Å². The minimum absolute atomic E-state index is 0.455. The Morgan fingerprint density at radius 1 is 1.38 bits per heavy atom. The van der Waals surface area contributed by atoms with Gasteiger partial charge in [-0.3, -0.25) is 0 Å². The van der Waals surface area contributed by atoms with Gasteiger partial charge in [0.1, 0.15) is 0 Å². The van der Waals surface area contributed by atoms with Gasteiger partial charge < -0.3 is 4.74 Å². The summed E-state index contributed by atoms with van der Waals surface area (Å²) in [6.07, 6.45) is 3.40. The van der Waals surface area contributed by atoms with E-state index in [1.165, 1.54) is 5.56 Å². The second-order valence-electron chi connectivity index (χ2n) is 3.89. The van der Waals surface area contributed by atoms with Crippen molar-refractivity contribution in [1.82, 2.24) is 0 Å². The van der Waals surface area contributed by atoms with Crippen molar-refractivity contribution in [3.63, 3.8) is 0 Å². The first kappa shape index (κ1) is 14.0. The van der Waals surface area contributed by atoms with Gasteiger partial charge in [-0.15, -0.1) is 11.6 Å². The Morgan fingerprint density at radius 2 is 2.19 bits per heavy atom. The molecule has 0 aromatic heterocycles. The lowest BCUT2D eigenvalue weighted by Crippen LogP contribution is -2.01. The van der Waals surface area contributed by atoms with Gasteiger partial charge in [0.25, 0.3) is 0 Å². The minimum atomic E-state index is 0.455. The Bertz CT molecular complexity index is 304. The lowest BCUT2D eigenvalue weighted by atomic mass is 9.95. The number of methoxy groups -OCH3 is 1. The summed E-state index contributed by atoms with van der Waals surface area (Å²) in [6.45, 7) is 0.841. The van der Waals surface area contributed by atoms with Crippen molar-refractivity contribution < 1.29 is 4.74 Å². The first-order valence-electron chi connectivity index (χ1n) is 5.58. The van der Waals surface area contributed by atoms with E-state index < -0.39 is 0 Å². The molecule has 1 aromatic rings. The standard InChI is InChI=1S/C13H18BrClO/c1-16-8-3-2-5-12(10-15)11-6-4-7-13(14)9-11/h4,6-7,9,12H,2-3,5,8,10H2,1H3. The molecule has 0 aliphatic heterocycles. The summed E-state index contributed by atoms with van der Waals surface area (Å²) < 4.78 is 6.16. The fourth-order valence-electron chi connectivity index (χ4n) is 1.73. The molecule has 1 atom stereocenters. The summed E-state index contributed by atoms with van der Waals surface area (Å²) in [7, 11) is 1.74. The molecule has 1 aromatic carbocycles. The Kier molecular flexibility index (Phi) is 7.10. The third-order valence-corrected chi connectivity index (χ3v) is 3.52. The molecule has 0 saturated heterocycles. The zero-order valence-corrected chi connectivity index (χ0v) is 11.9. The van der Waals surface area contributed by atoms with Gasteiger partial charge in [-0.05, 0) is 36.5 Å². The van der Waals surface area contributed by atoms with Gasteiger partial charge in [-0.2, -0.15) is 0 Å². The van der Waals surface area contributed by atoms with Crippen LogP contribution in [-0.4, -0.2) is 19.6 Å². The van der Waals surface area contributed by atoms with Gasteiger partial charge in [0.15, 0.2) is 0 Å². The van der Waals surface area contributed by atoms with Gasteiger partial charge in [-0.25, -0.2) is 0 Å². The molecule has 16 heavy (non-hydrogen) atoms. The van der Waals surface area contributed by atoms with Crippen molar-refractivity contribution in [3.8, 4) is 0 Å². The van der Waals surface area contributed by atoms with Crippen LogP contribution in [0.25, 0.3) is 0 Å². The number of benzene rings is 1. The topological polar surface area (TPSA) is 9.23 Å². The molecule has 0 aliphatic rings. The fourth-order valence-corrected chi connectivity index (χ4v) is 2.48. The molecule has 90 valence electrons. The zero-order valence-electron chi connectivity index (χ0n) is 9.59.